The van der Waals surface area contributed by atoms with E-state index in [-0.39, 0.29) is 0 Å². The summed E-state index contributed by atoms with van der Waals surface area (Å²) in [6.07, 6.45) is 3.51. The summed E-state index contributed by atoms with van der Waals surface area (Å²) in [6.45, 7) is 0. The average molecular weight is 227 g/mol. The second kappa shape index (κ2) is 3.64. The summed E-state index contributed by atoms with van der Waals surface area (Å²) in [5.41, 5.74) is 2.98. The number of thiol groups is 1. The second-order valence-corrected chi connectivity index (χ2v) is 4.04. The summed E-state index contributed by atoms with van der Waals surface area (Å²) >= 11 is 4.30. The first kappa shape index (κ1) is 9.42. The van der Waals surface area contributed by atoms with Crippen molar-refractivity contribution in [1.82, 2.24) is 15.0 Å². The molecule has 0 spiro atoms. The molecule has 3 rings (SSSR count). The third-order valence-corrected chi connectivity index (χ3v) is 2.70. The first-order valence-corrected chi connectivity index (χ1v) is 5.37. The summed E-state index contributed by atoms with van der Waals surface area (Å²) < 4.78 is 0. The Labute approximate surface area is 98.0 Å². The van der Waals surface area contributed by atoms with Gasteiger partial charge in [-0.1, -0.05) is 0 Å². The van der Waals surface area contributed by atoms with Gasteiger partial charge in [-0.2, -0.15) is 0 Å². The Bertz CT molecular complexity index is 631. The molecule has 3 nitrogen and oxygen atoms in total. The molecule has 78 valence electrons. The molecule has 3 aromatic rings. The van der Waals surface area contributed by atoms with Crippen LogP contribution in [0.25, 0.3) is 22.4 Å². The SMILES string of the molecule is Sc1ccc2nc(-c3ccncc3)[nH]c2c1. The van der Waals surface area contributed by atoms with Crippen molar-refractivity contribution >= 4 is 23.7 Å². The van der Waals surface area contributed by atoms with Crippen molar-refractivity contribution in [1.29, 1.82) is 0 Å². The lowest BCUT2D eigenvalue weighted by Gasteiger charge is -1.92. The molecule has 2 heterocycles. The number of pyridine rings is 1. The first-order valence-electron chi connectivity index (χ1n) is 4.92. The maximum Gasteiger partial charge on any atom is 0.138 e. The van der Waals surface area contributed by atoms with Crippen molar-refractivity contribution in [3.63, 3.8) is 0 Å². The molecule has 0 radical (unpaired) electrons. The van der Waals surface area contributed by atoms with E-state index < -0.39 is 0 Å². The van der Waals surface area contributed by atoms with Crippen LogP contribution in [0.3, 0.4) is 0 Å². The van der Waals surface area contributed by atoms with Gasteiger partial charge in [0, 0.05) is 22.9 Å². The van der Waals surface area contributed by atoms with E-state index in [1.54, 1.807) is 12.4 Å². The van der Waals surface area contributed by atoms with Crippen molar-refractivity contribution in [2.45, 2.75) is 4.90 Å². The number of aromatic nitrogens is 3. The highest BCUT2D eigenvalue weighted by Crippen LogP contribution is 2.21. The maximum atomic E-state index is 4.51. The fourth-order valence-corrected chi connectivity index (χ4v) is 1.85. The van der Waals surface area contributed by atoms with Crippen LogP contribution in [0.2, 0.25) is 0 Å². The van der Waals surface area contributed by atoms with E-state index in [4.69, 9.17) is 0 Å². The van der Waals surface area contributed by atoms with E-state index in [9.17, 15) is 0 Å². The summed E-state index contributed by atoms with van der Waals surface area (Å²) in [5, 5.41) is 0. The van der Waals surface area contributed by atoms with E-state index in [1.165, 1.54) is 0 Å². The van der Waals surface area contributed by atoms with Crippen LogP contribution in [0, 0.1) is 0 Å². The Hall–Kier alpha value is -1.81. The third kappa shape index (κ3) is 1.57. The quantitative estimate of drug-likeness (QED) is 0.628. The smallest absolute Gasteiger partial charge is 0.138 e. The van der Waals surface area contributed by atoms with Crippen LogP contribution in [-0.4, -0.2) is 15.0 Å². The summed E-state index contributed by atoms with van der Waals surface area (Å²) in [5.74, 6) is 0.858. The minimum Gasteiger partial charge on any atom is -0.338 e. The zero-order chi connectivity index (χ0) is 11.0. The molecule has 0 aliphatic heterocycles. The highest BCUT2D eigenvalue weighted by atomic mass is 32.1. The van der Waals surface area contributed by atoms with Gasteiger partial charge < -0.3 is 4.98 Å². The Balaban J connectivity index is 2.19. The minimum atomic E-state index is 0.858. The van der Waals surface area contributed by atoms with Gasteiger partial charge in [0.2, 0.25) is 0 Å². The number of aromatic amines is 1. The standard InChI is InChI=1S/C12H9N3S/c16-9-1-2-10-11(7-9)15-12(14-10)8-3-5-13-6-4-8/h1-7,16H,(H,14,15). The van der Waals surface area contributed by atoms with E-state index in [2.05, 4.69) is 27.6 Å². The highest BCUT2D eigenvalue weighted by Gasteiger charge is 2.04. The molecule has 0 amide bonds. The normalized spacial score (nSPS) is 10.8. The molecule has 16 heavy (non-hydrogen) atoms. The molecule has 0 unspecified atom stereocenters. The number of benzene rings is 1. The van der Waals surface area contributed by atoms with Gasteiger partial charge >= 0.3 is 0 Å². The van der Waals surface area contributed by atoms with Crippen molar-refractivity contribution in [3.05, 3.63) is 42.7 Å². The van der Waals surface area contributed by atoms with Gasteiger partial charge in [0.1, 0.15) is 5.82 Å². The summed E-state index contributed by atoms with van der Waals surface area (Å²) in [7, 11) is 0. The Morgan fingerprint density at radius 1 is 1.06 bits per heavy atom. The van der Waals surface area contributed by atoms with Gasteiger partial charge in [0.15, 0.2) is 0 Å². The van der Waals surface area contributed by atoms with Gasteiger partial charge in [-0.3, -0.25) is 4.98 Å². The van der Waals surface area contributed by atoms with Crippen molar-refractivity contribution in [3.8, 4) is 11.4 Å². The van der Waals surface area contributed by atoms with Crippen LogP contribution in [0.1, 0.15) is 0 Å². The maximum absolute atomic E-state index is 4.51. The van der Waals surface area contributed by atoms with Crippen LogP contribution in [0.5, 0.6) is 0 Å². The molecule has 0 atom stereocenters. The lowest BCUT2D eigenvalue weighted by atomic mass is 10.3. The van der Waals surface area contributed by atoms with Gasteiger partial charge in [0.25, 0.3) is 0 Å². The molecular weight excluding hydrogens is 218 g/mol. The first-order chi connectivity index (χ1) is 7.83. The number of nitrogens with zero attached hydrogens (tertiary/aromatic N) is 2. The van der Waals surface area contributed by atoms with E-state index in [0.29, 0.717) is 0 Å². The number of nitrogens with one attached hydrogen (secondary N) is 1. The van der Waals surface area contributed by atoms with Gasteiger partial charge in [-0.25, -0.2) is 4.98 Å². The Morgan fingerprint density at radius 3 is 2.69 bits per heavy atom. The largest absolute Gasteiger partial charge is 0.338 e. The number of hydrogen-bond donors (Lipinski definition) is 2. The molecule has 0 saturated carbocycles. The van der Waals surface area contributed by atoms with Crippen LogP contribution in [-0.2, 0) is 0 Å². The Morgan fingerprint density at radius 2 is 1.88 bits per heavy atom. The molecule has 1 aromatic carbocycles. The van der Waals surface area contributed by atoms with Gasteiger partial charge in [0.05, 0.1) is 11.0 Å². The monoisotopic (exact) mass is 227 g/mol. The number of hydrogen-bond acceptors (Lipinski definition) is 3. The zero-order valence-corrected chi connectivity index (χ0v) is 9.28. The van der Waals surface area contributed by atoms with Gasteiger partial charge in [-0.05, 0) is 30.3 Å². The fourth-order valence-electron chi connectivity index (χ4n) is 1.64. The predicted molar refractivity (Wildman–Crippen MR) is 66.6 cm³/mol. The molecule has 1 N–H and O–H groups in total. The molecule has 0 fully saturated rings. The zero-order valence-electron chi connectivity index (χ0n) is 8.38. The third-order valence-electron chi connectivity index (χ3n) is 2.42. The predicted octanol–water partition coefficient (Wildman–Crippen LogP) is 2.91. The van der Waals surface area contributed by atoms with E-state index in [1.807, 2.05) is 30.3 Å². The lowest BCUT2D eigenvalue weighted by Crippen LogP contribution is -1.79. The van der Waals surface area contributed by atoms with Crippen LogP contribution < -0.4 is 0 Å². The van der Waals surface area contributed by atoms with Crippen molar-refractivity contribution < 1.29 is 0 Å². The molecule has 0 aliphatic carbocycles. The topological polar surface area (TPSA) is 41.6 Å². The molecule has 0 saturated heterocycles. The van der Waals surface area contributed by atoms with E-state index >= 15 is 0 Å². The summed E-state index contributed by atoms with van der Waals surface area (Å²) in [4.78, 5) is 12.7. The number of imidazole rings is 1. The van der Waals surface area contributed by atoms with Crippen LogP contribution >= 0.6 is 12.6 Å². The van der Waals surface area contributed by atoms with Crippen molar-refractivity contribution in [2.24, 2.45) is 0 Å². The average Bonchev–Trinajstić information content (AvgIpc) is 2.73. The van der Waals surface area contributed by atoms with Gasteiger partial charge in [-0.15, -0.1) is 12.6 Å². The van der Waals surface area contributed by atoms with E-state index in [0.717, 1.165) is 27.3 Å². The summed E-state index contributed by atoms with van der Waals surface area (Å²) in [6, 6.07) is 9.72. The number of fused-ring (bicyclic) bond motifs is 1. The lowest BCUT2D eigenvalue weighted by molar-refractivity contribution is 1.28. The van der Waals surface area contributed by atoms with Crippen molar-refractivity contribution in [2.75, 3.05) is 0 Å². The molecule has 4 heteroatoms. The number of rotatable bonds is 1. The Kier molecular flexibility index (Phi) is 2.15. The molecule has 0 aliphatic rings. The molecule has 2 aromatic heterocycles. The fraction of sp³-hybridized carbons (Fsp3) is 0. The van der Waals surface area contributed by atoms with Crippen LogP contribution in [0.15, 0.2) is 47.6 Å². The van der Waals surface area contributed by atoms with Crippen LogP contribution in [0.4, 0.5) is 0 Å². The molecule has 0 bridgehead atoms. The highest BCUT2D eigenvalue weighted by molar-refractivity contribution is 7.80. The minimum absolute atomic E-state index is 0.858. The second-order valence-electron chi connectivity index (χ2n) is 3.52. The number of H-pyrrole nitrogens is 1. The molecular formula is C12H9N3S.